The van der Waals surface area contributed by atoms with E-state index in [4.69, 9.17) is 10.5 Å². The Bertz CT molecular complexity index is 169. The maximum atomic E-state index is 8.15. The third-order valence-corrected chi connectivity index (χ3v) is 1.10. The number of allylic oxidation sites excluding steroid dienone is 2. The Morgan fingerprint density at radius 3 is 2.60 bits per heavy atom. The maximum Gasteiger partial charge on any atom is 0.0908 e. The van der Waals surface area contributed by atoms with Crippen LogP contribution in [-0.4, -0.2) is 0 Å². The largest absolute Gasteiger partial charge is 0.198 e. The molecule has 0 amide bonds. The van der Waals surface area contributed by atoms with Crippen molar-refractivity contribution in [2.75, 3.05) is 0 Å². The van der Waals surface area contributed by atoms with E-state index in [1.807, 2.05) is 12.1 Å². The van der Waals surface area contributed by atoms with E-state index in [0.29, 0.717) is 6.42 Å². The van der Waals surface area contributed by atoms with Crippen molar-refractivity contribution in [3.8, 4) is 12.1 Å². The highest BCUT2D eigenvalue weighted by Gasteiger charge is 1.82. The van der Waals surface area contributed by atoms with Crippen molar-refractivity contribution in [1.82, 2.24) is 0 Å². The molecule has 0 aromatic carbocycles. The topological polar surface area (TPSA) is 47.6 Å². The molecule has 0 aliphatic rings. The Morgan fingerprint density at radius 2 is 2.00 bits per heavy atom. The van der Waals surface area contributed by atoms with Gasteiger partial charge in [0.05, 0.1) is 12.1 Å². The third kappa shape index (κ3) is 6.72. The minimum atomic E-state index is 0.625. The minimum Gasteiger partial charge on any atom is -0.198 e. The Kier molecular flexibility index (Phi) is 6.73. The van der Waals surface area contributed by atoms with Crippen molar-refractivity contribution in [2.24, 2.45) is 0 Å². The molecule has 0 unspecified atom stereocenters. The summed E-state index contributed by atoms with van der Waals surface area (Å²) in [5, 5.41) is 16.2. The maximum absolute atomic E-state index is 8.15. The van der Waals surface area contributed by atoms with E-state index in [2.05, 4.69) is 6.07 Å². The van der Waals surface area contributed by atoms with Crippen LogP contribution in [0.25, 0.3) is 0 Å². The number of nitrogens with zero attached hydrogens (tertiary/aromatic N) is 2. The summed E-state index contributed by atoms with van der Waals surface area (Å²) < 4.78 is 0. The average molecular weight is 134 g/mol. The van der Waals surface area contributed by atoms with Gasteiger partial charge < -0.3 is 0 Å². The van der Waals surface area contributed by atoms with Crippen molar-refractivity contribution >= 4 is 0 Å². The molecule has 0 spiro atoms. The van der Waals surface area contributed by atoms with Gasteiger partial charge in [0.2, 0.25) is 0 Å². The van der Waals surface area contributed by atoms with Crippen molar-refractivity contribution < 1.29 is 0 Å². The smallest absolute Gasteiger partial charge is 0.0908 e. The molecule has 0 N–H and O–H groups in total. The van der Waals surface area contributed by atoms with E-state index in [1.165, 1.54) is 6.08 Å². The van der Waals surface area contributed by atoms with Crippen molar-refractivity contribution in [1.29, 1.82) is 10.5 Å². The zero-order valence-electron chi connectivity index (χ0n) is 5.88. The molecule has 0 aromatic heterocycles. The molecule has 0 aliphatic carbocycles. The van der Waals surface area contributed by atoms with Crippen molar-refractivity contribution in [3.63, 3.8) is 0 Å². The van der Waals surface area contributed by atoms with E-state index < -0.39 is 0 Å². The highest BCUT2D eigenvalue weighted by molar-refractivity contribution is 5.01. The predicted molar refractivity (Wildman–Crippen MR) is 38.8 cm³/mol. The highest BCUT2D eigenvalue weighted by atomic mass is 14.2. The van der Waals surface area contributed by atoms with Crippen LogP contribution in [0.15, 0.2) is 12.2 Å². The number of rotatable bonds is 4. The summed E-state index contributed by atoms with van der Waals surface area (Å²) in [6.45, 7) is 0. The molecular weight excluding hydrogens is 124 g/mol. The number of hydrogen-bond donors (Lipinski definition) is 0. The average Bonchev–Trinajstić information content (AvgIpc) is 1.97. The van der Waals surface area contributed by atoms with E-state index in [-0.39, 0.29) is 0 Å². The Labute approximate surface area is 61.4 Å². The van der Waals surface area contributed by atoms with Gasteiger partial charge in [0.15, 0.2) is 0 Å². The summed E-state index contributed by atoms with van der Waals surface area (Å²) in [6.07, 6.45) is 6.79. The molecule has 0 aliphatic heterocycles. The van der Waals surface area contributed by atoms with Crippen LogP contribution < -0.4 is 0 Å². The second-order valence-electron chi connectivity index (χ2n) is 1.94. The monoisotopic (exact) mass is 134 g/mol. The number of nitriles is 2. The van der Waals surface area contributed by atoms with Crippen LogP contribution in [0.4, 0.5) is 0 Å². The lowest BCUT2D eigenvalue weighted by atomic mass is 10.2. The molecule has 0 radical (unpaired) electrons. The van der Waals surface area contributed by atoms with Gasteiger partial charge >= 0.3 is 0 Å². The minimum absolute atomic E-state index is 0.625. The van der Waals surface area contributed by atoms with Gasteiger partial charge in [0.1, 0.15) is 0 Å². The highest BCUT2D eigenvalue weighted by Crippen LogP contribution is 1.98. The Balaban J connectivity index is 3.01. The van der Waals surface area contributed by atoms with Crippen LogP contribution in [-0.2, 0) is 0 Å². The van der Waals surface area contributed by atoms with Crippen LogP contribution in [0, 0.1) is 22.7 Å². The number of hydrogen-bond acceptors (Lipinski definition) is 2. The lowest BCUT2D eigenvalue weighted by molar-refractivity contribution is 0.768. The molecule has 0 fully saturated rings. The van der Waals surface area contributed by atoms with Gasteiger partial charge in [-0.05, 0) is 19.3 Å². The summed E-state index contributed by atoms with van der Waals surface area (Å²) in [6, 6.07) is 3.98. The van der Waals surface area contributed by atoms with Gasteiger partial charge in [-0.1, -0.05) is 6.08 Å². The van der Waals surface area contributed by atoms with Gasteiger partial charge in [0.25, 0.3) is 0 Å². The fraction of sp³-hybridized carbons (Fsp3) is 0.500. The number of unbranched alkanes of at least 4 members (excludes halogenated alkanes) is 3. The molecule has 0 atom stereocenters. The third-order valence-electron chi connectivity index (χ3n) is 1.10. The molecule has 0 saturated heterocycles. The van der Waals surface area contributed by atoms with E-state index in [0.717, 1.165) is 19.3 Å². The quantitative estimate of drug-likeness (QED) is 0.437. The lowest BCUT2D eigenvalue weighted by Crippen LogP contribution is -1.71. The zero-order chi connectivity index (χ0) is 7.66. The van der Waals surface area contributed by atoms with E-state index in [1.54, 1.807) is 0 Å². The normalized spacial score (nSPS) is 9.00. The summed E-state index contributed by atoms with van der Waals surface area (Å²) >= 11 is 0. The van der Waals surface area contributed by atoms with Gasteiger partial charge in [-0.15, -0.1) is 0 Å². The van der Waals surface area contributed by atoms with Crippen LogP contribution in [0.2, 0.25) is 0 Å². The van der Waals surface area contributed by atoms with Crippen LogP contribution in [0.5, 0.6) is 0 Å². The van der Waals surface area contributed by atoms with E-state index >= 15 is 0 Å². The summed E-state index contributed by atoms with van der Waals surface area (Å²) in [7, 11) is 0. The van der Waals surface area contributed by atoms with Crippen LogP contribution in [0.1, 0.15) is 25.7 Å². The molecule has 0 rings (SSSR count). The Hall–Kier alpha value is -1.28. The predicted octanol–water partition coefficient (Wildman–Crippen LogP) is 2.15. The fourth-order valence-electron chi connectivity index (χ4n) is 0.602. The first-order chi connectivity index (χ1) is 4.91. The fourth-order valence-corrected chi connectivity index (χ4v) is 0.602. The summed E-state index contributed by atoms with van der Waals surface area (Å²) in [5.41, 5.74) is 0. The lowest BCUT2D eigenvalue weighted by Gasteiger charge is -1.87. The molecule has 2 heteroatoms. The first-order valence-electron chi connectivity index (χ1n) is 3.33. The molecule has 0 heterocycles. The first-order valence-corrected chi connectivity index (χ1v) is 3.33. The van der Waals surface area contributed by atoms with E-state index in [9.17, 15) is 0 Å². The molecule has 10 heavy (non-hydrogen) atoms. The zero-order valence-corrected chi connectivity index (χ0v) is 5.88. The molecule has 0 bridgehead atoms. The summed E-state index contributed by atoms with van der Waals surface area (Å²) in [4.78, 5) is 0. The molecule has 52 valence electrons. The van der Waals surface area contributed by atoms with Gasteiger partial charge in [-0.25, -0.2) is 0 Å². The molecular formula is C8H10N2. The van der Waals surface area contributed by atoms with Gasteiger partial charge in [0, 0.05) is 12.5 Å². The van der Waals surface area contributed by atoms with Crippen molar-refractivity contribution in [2.45, 2.75) is 25.7 Å². The Morgan fingerprint density at radius 1 is 1.20 bits per heavy atom. The summed E-state index contributed by atoms with van der Waals surface area (Å²) in [5.74, 6) is 0. The van der Waals surface area contributed by atoms with Crippen molar-refractivity contribution in [3.05, 3.63) is 12.2 Å². The van der Waals surface area contributed by atoms with Crippen LogP contribution >= 0.6 is 0 Å². The van der Waals surface area contributed by atoms with Crippen LogP contribution in [0.3, 0.4) is 0 Å². The second-order valence-corrected chi connectivity index (χ2v) is 1.94. The molecule has 0 saturated carbocycles. The standard InChI is InChI=1S/C8H10N2/c9-7-5-3-1-2-4-6-8-10/h3,5H,1-2,4,6H2. The van der Waals surface area contributed by atoms with Gasteiger partial charge in [-0.2, -0.15) is 10.5 Å². The molecule has 2 nitrogen and oxygen atoms in total. The van der Waals surface area contributed by atoms with Gasteiger partial charge in [-0.3, -0.25) is 0 Å². The molecule has 0 aromatic rings. The first kappa shape index (κ1) is 8.72. The second kappa shape index (κ2) is 7.72. The SMILES string of the molecule is N#CC=CCCCCC#N.